The van der Waals surface area contributed by atoms with Crippen LogP contribution in [-0.4, -0.2) is 56.0 Å². The van der Waals surface area contributed by atoms with Crippen molar-refractivity contribution in [3.05, 3.63) is 53.6 Å². The Kier molecular flexibility index (Phi) is 8.83. The van der Waals surface area contributed by atoms with Crippen LogP contribution in [-0.2, 0) is 0 Å². The maximum absolute atomic E-state index is 12.5. The number of nitrogens with two attached hydrogens (primary N) is 1. The first-order valence-corrected chi connectivity index (χ1v) is 10.0. The number of methoxy groups -OCH3 is 1. The average molecular weight is 428 g/mol. The second kappa shape index (κ2) is 11.6. The number of ether oxygens (including phenoxy) is 1. The normalized spacial score (nSPS) is 10.5. The van der Waals surface area contributed by atoms with E-state index in [9.17, 15) is 14.4 Å². The molecule has 0 spiro atoms. The highest BCUT2D eigenvalue weighted by Gasteiger charge is 2.14. The Morgan fingerprint density at radius 3 is 2.16 bits per heavy atom. The van der Waals surface area contributed by atoms with Gasteiger partial charge in [-0.15, -0.1) is 0 Å². The molecule has 5 N–H and O–H groups in total. The molecule has 0 unspecified atom stereocenters. The summed E-state index contributed by atoms with van der Waals surface area (Å²) in [4.78, 5) is 38.1. The predicted molar refractivity (Wildman–Crippen MR) is 121 cm³/mol. The van der Waals surface area contributed by atoms with Crippen LogP contribution >= 0.6 is 0 Å². The van der Waals surface area contributed by atoms with Crippen LogP contribution in [0.25, 0.3) is 0 Å². The van der Waals surface area contributed by atoms with E-state index in [1.165, 1.54) is 19.2 Å². The Bertz CT molecular complexity index is 911. The first kappa shape index (κ1) is 23.7. The Balaban J connectivity index is 1.97. The van der Waals surface area contributed by atoms with E-state index in [0.29, 0.717) is 34.8 Å². The molecule has 0 bridgehead atoms. The minimum Gasteiger partial charge on any atom is -0.496 e. The summed E-state index contributed by atoms with van der Waals surface area (Å²) < 4.78 is 5.33. The lowest BCUT2D eigenvalue weighted by Gasteiger charge is -2.18. The highest BCUT2D eigenvalue weighted by molar-refractivity contribution is 6.02. The summed E-state index contributed by atoms with van der Waals surface area (Å²) in [7, 11) is 1.46. The number of benzene rings is 2. The van der Waals surface area contributed by atoms with Gasteiger partial charge in [0.25, 0.3) is 5.91 Å². The van der Waals surface area contributed by atoms with E-state index in [0.717, 1.165) is 19.6 Å². The van der Waals surface area contributed by atoms with Crippen LogP contribution < -0.4 is 26.4 Å². The smallest absolute Gasteiger partial charge is 0.323 e. The second-order valence-corrected chi connectivity index (χ2v) is 6.72. The standard InChI is InChI=1S/C22H29N5O4/c1-4-27(5-2)13-12-24-21(29)18-11-10-17(14-19(18)31-3)26-22(30)25-16-8-6-15(7-9-16)20(23)28/h6-11,14H,4-5,12-13H2,1-3H3,(H2,23,28)(H,24,29)(H2,25,26,30). The molecule has 0 heterocycles. The Morgan fingerprint density at radius 1 is 0.968 bits per heavy atom. The molecule has 0 atom stereocenters. The minimum atomic E-state index is -0.541. The average Bonchev–Trinajstić information content (AvgIpc) is 2.76. The molecule has 0 aliphatic rings. The van der Waals surface area contributed by atoms with E-state index in [4.69, 9.17) is 10.5 Å². The number of urea groups is 1. The van der Waals surface area contributed by atoms with Gasteiger partial charge in [0, 0.05) is 36.1 Å². The number of nitrogens with one attached hydrogen (secondary N) is 3. The lowest BCUT2D eigenvalue weighted by atomic mass is 10.1. The van der Waals surface area contributed by atoms with Gasteiger partial charge in [-0.2, -0.15) is 0 Å². The maximum Gasteiger partial charge on any atom is 0.323 e. The van der Waals surface area contributed by atoms with Gasteiger partial charge in [0.15, 0.2) is 0 Å². The summed E-state index contributed by atoms with van der Waals surface area (Å²) in [6.07, 6.45) is 0. The van der Waals surface area contributed by atoms with E-state index in [1.54, 1.807) is 30.3 Å². The number of rotatable bonds is 10. The van der Waals surface area contributed by atoms with E-state index < -0.39 is 11.9 Å². The summed E-state index contributed by atoms with van der Waals surface area (Å²) in [5.74, 6) is -0.432. The topological polar surface area (TPSA) is 126 Å². The van der Waals surface area contributed by atoms with Crippen molar-refractivity contribution in [2.45, 2.75) is 13.8 Å². The zero-order valence-corrected chi connectivity index (χ0v) is 18.0. The molecule has 9 nitrogen and oxygen atoms in total. The monoisotopic (exact) mass is 427 g/mol. The molecular weight excluding hydrogens is 398 g/mol. The molecule has 9 heteroatoms. The Hall–Kier alpha value is -3.59. The zero-order chi connectivity index (χ0) is 22.8. The molecule has 2 rings (SSSR count). The number of anilines is 2. The van der Waals surface area contributed by atoms with E-state index in [-0.39, 0.29) is 5.91 Å². The third-order valence-electron chi connectivity index (χ3n) is 4.74. The van der Waals surface area contributed by atoms with Gasteiger partial charge in [0.2, 0.25) is 5.91 Å². The molecule has 0 aliphatic heterocycles. The fourth-order valence-electron chi connectivity index (χ4n) is 2.93. The van der Waals surface area contributed by atoms with Crippen molar-refractivity contribution >= 4 is 29.2 Å². The third-order valence-corrected chi connectivity index (χ3v) is 4.74. The van der Waals surface area contributed by atoms with Crippen molar-refractivity contribution < 1.29 is 19.1 Å². The summed E-state index contributed by atoms with van der Waals surface area (Å²) in [5.41, 5.74) is 6.89. The number of amides is 4. The van der Waals surface area contributed by atoms with Gasteiger partial charge in [-0.3, -0.25) is 9.59 Å². The van der Waals surface area contributed by atoms with Crippen molar-refractivity contribution in [1.82, 2.24) is 10.2 Å². The molecule has 0 saturated heterocycles. The molecule has 2 aromatic carbocycles. The van der Waals surface area contributed by atoms with Gasteiger partial charge >= 0.3 is 6.03 Å². The highest BCUT2D eigenvalue weighted by atomic mass is 16.5. The molecular formula is C22H29N5O4. The number of hydrogen-bond acceptors (Lipinski definition) is 5. The lowest BCUT2D eigenvalue weighted by Crippen LogP contribution is -2.34. The van der Waals surface area contributed by atoms with Gasteiger partial charge in [0.05, 0.1) is 12.7 Å². The van der Waals surface area contributed by atoms with Crippen LogP contribution in [0.3, 0.4) is 0 Å². The largest absolute Gasteiger partial charge is 0.496 e. The van der Waals surface area contributed by atoms with Gasteiger partial charge in [-0.05, 0) is 49.5 Å². The van der Waals surface area contributed by atoms with E-state index in [1.807, 2.05) is 0 Å². The molecule has 0 radical (unpaired) electrons. The SMILES string of the molecule is CCN(CC)CCNC(=O)c1ccc(NC(=O)Nc2ccc(C(N)=O)cc2)cc1OC. The van der Waals surface area contributed by atoms with E-state index >= 15 is 0 Å². The minimum absolute atomic E-state index is 0.241. The molecule has 0 aromatic heterocycles. The Labute approximate surface area is 181 Å². The lowest BCUT2D eigenvalue weighted by molar-refractivity contribution is 0.0944. The summed E-state index contributed by atoms with van der Waals surface area (Å²) in [6.45, 7) is 7.29. The molecule has 4 amide bonds. The van der Waals surface area contributed by atoms with Crippen LogP contribution in [0, 0.1) is 0 Å². The first-order chi connectivity index (χ1) is 14.9. The number of likely N-dealkylation sites (N-methyl/N-ethyl adjacent to an activating group) is 1. The number of nitrogens with zero attached hydrogens (tertiary/aromatic N) is 1. The zero-order valence-electron chi connectivity index (χ0n) is 18.0. The van der Waals surface area contributed by atoms with Gasteiger partial charge in [-0.25, -0.2) is 4.79 Å². The molecule has 0 saturated carbocycles. The van der Waals surface area contributed by atoms with Crippen molar-refractivity contribution in [1.29, 1.82) is 0 Å². The van der Waals surface area contributed by atoms with Crippen LogP contribution in [0.4, 0.5) is 16.2 Å². The van der Waals surface area contributed by atoms with Crippen LogP contribution in [0.1, 0.15) is 34.6 Å². The van der Waals surface area contributed by atoms with Crippen molar-refractivity contribution in [3.63, 3.8) is 0 Å². The number of hydrogen-bond donors (Lipinski definition) is 4. The third kappa shape index (κ3) is 7.00. The molecule has 2 aromatic rings. The fraction of sp³-hybridized carbons (Fsp3) is 0.318. The maximum atomic E-state index is 12.5. The van der Waals surface area contributed by atoms with E-state index in [2.05, 4.69) is 34.7 Å². The van der Waals surface area contributed by atoms with Crippen molar-refractivity contribution in [2.75, 3.05) is 43.9 Å². The van der Waals surface area contributed by atoms with Crippen LogP contribution in [0.5, 0.6) is 5.75 Å². The first-order valence-electron chi connectivity index (χ1n) is 10.0. The molecule has 0 fully saturated rings. The summed E-state index contributed by atoms with van der Waals surface area (Å²) >= 11 is 0. The van der Waals surface area contributed by atoms with Crippen LogP contribution in [0.15, 0.2) is 42.5 Å². The van der Waals surface area contributed by atoms with Gasteiger partial charge in [0.1, 0.15) is 5.75 Å². The molecule has 166 valence electrons. The van der Waals surface area contributed by atoms with Crippen LogP contribution in [0.2, 0.25) is 0 Å². The number of carbonyl (C=O) groups is 3. The van der Waals surface area contributed by atoms with Crippen molar-refractivity contribution in [3.8, 4) is 5.75 Å². The predicted octanol–water partition coefficient (Wildman–Crippen LogP) is 2.51. The second-order valence-electron chi connectivity index (χ2n) is 6.72. The Morgan fingerprint density at radius 2 is 1.58 bits per heavy atom. The van der Waals surface area contributed by atoms with Gasteiger partial charge in [-0.1, -0.05) is 13.8 Å². The molecule has 0 aliphatic carbocycles. The van der Waals surface area contributed by atoms with Crippen molar-refractivity contribution in [2.24, 2.45) is 5.73 Å². The summed E-state index contributed by atoms with van der Waals surface area (Å²) in [5, 5.41) is 8.22. The molecule has 31 heavy (non-hydrogen) atoms. The van der Waals surface area contributed by atoms with Gasteiger partial charge < -0.3 is 31.3 Å². The highest BCUT2D eigenvalue weighted by Crippen LogP contribution is 2.23. The fourth-order valence-corrected chi connectivity index (χ4v) is 2.93. The summed E-state index contributed by atoms with van der Waals surface area (Å²) in [6, 6.07) is 10.5. The quantitative estimate of drug-likeness (QED) is 0.464. The number of primary amides is 1. The number of carbonyl (C=O) groups excluding carboxylic acids is 3.